The van der Waals surface area contributed by atoms with Crippen LogP contribution in [0.3, 0.4) is 0 Å². The molecule has 1 aliphatic heterocycles. The van der Waals surface area contributed by atoms with Crippen molar-refractivity contribution in [3.05, 3.63) is 35.6 Å². The molecule has 0 radical (unpaired) electrons. The third kappa shape index (κ3) is 3.54. The second kappa shape index (κ2) is 6.47. The predicted octanol–water partition coefficient (Wildman–Crippen LogP) is 1.47. The van der Waals surface area contributed by atoms with E-state index in [-0.39, 0.29) is 17.8 Å². The topological polar surface area (TPSA) is 59.9 Å². The second-order valence-corrected chi connectivity index (χ2v) is 4.71. The molecule has 108 valence electrons. The van der Waals surface area contributed by atoms with Crippen molar-refractivity contribution < 1.29 is 18.8 Å². The second-order valence-electron chi connectivity index (χ2n) is 4.71. The Morgan fingerprint density at radius 2 is 2.25 bits per heavy atom. The van der Waals surface area contributed by atoms with Gasteiger partial charge in [0, 0.05) is 19.6 Å². The van der Waals surface area contributed by atoms with Gasteiger partial charge in [-0.3, -0.25) is 4.79 Å². The van der Waals surface area contributed by atoms with Crippen LogP contribution in [-0.4, -0.2) is 37.5 Å². The number of carbonyl (C=O) groups excluding carboxylic acids is 1. The monoisotopic (exact) mass is 280 g/mol. The number of oxime groups is 1. The smallest absolute Gasteiger partial charge is 0.264 e. The molecule has 6 heteroatoms. The number of nitrogens with zero attached hydrogens (tertiary/aromatic N) is 1. The number of carbonyl (C=O) groups is 1. The van der Waals surface area contributed by atoms with E-state index in [1.54, 1.807) is 19.2 Å². The zero-order valence-electron chi connectivity index (χ0n) is 11.4. The van der Waals surface area contributed by atoms with Crippen LogP contribution in [0, 0.1) is 5.82 Å². The average molecular weight is 280 g/mol. The summed E-state index contributed by atoms with van der Waals surface area (Å²) in [5.41, 5.74) is 1.40. The van der Waals surface area contributed by atoms with Gasteiger partial charge < -0.3 is 14.9 Å². The van der Waals surface area contributed by atoms with E-state index in [4.69, 9.17) is 9.57 Å². The molecule has 1 aromatic rings. The summed E-state index contributed by atoms with van der Waals surface area (Å²) in [5.74, 6) is -0.536. The number of methoxy groups -OCH3 is 1. The van der Waals surface area contributed by atoms with Gasteiger partial charge in [-0.25, -0.2) is 4.39 Å². The van der Waals surface area contributed by atoms with Crippen LogP contribution < -0.4 is 5.32 Å². The zero-order chi connectivity index (χ0) is 14.5. The Hall–Kier alpha value is -1.95. The Balaban J connectivity index is 1.91. The summed E-state index contributed by atoms with van der Waals surface area (Å²) in [6, 6.07) is 5.85. The van der Waals surface area contributed by atoms with Crippen molar-refractivity contribution in [3.63, 3.8) is 0 Å². The number of hydrogen-bond donors (Lipinski definition) is 1. The number of ether oxygens (including phenoxy) is 1. The quantitative estimate of drug-likeness (QED) is 0.888. The first-order valence-electron chi connectivity index (χ1n) is 6.38. The van der Waals surface area contributed by atoms with E-state index in [1.165, 1.54) is 12.1 Å². The van der Waals surface area contributed by atoms with Gasteiger partial charge in [0.15, 0.2) is 0 Å². The molecule has 0 bridgehead atoms. The molecule has 1 aromatic carbocycles. The van der Waals surface area contributed by atoms with E-state index in [0.717, 1.165) is 5.56 Å². The molecule has 1 N–H and O–H groups in total. The molecule has 2 atom stereocenters. The highest BCUT2D eigenvalue weighted by molar-refractivity contribution is 6.04. The molecular weight excluding hydrogens is 263 g/mol. The lowest BCUT2D eigenvalue weighted by atomic mass is 10.0. The first kappa shape index (κ1) is 14.5. The maximum absolute atomic E-state index is 12.8. The highest BCUT2D eigenvalue weighted by Crippen LogP contribution is 2.17. The van der Waals surface area contributed by atoms with E-state index in [1.807, 2.05) is 6.92 Å². The molecule has 1 aliphatic rings. The van der Waals surface area contributed by atoms with Gasteiger partial charge in [0.05, 0.1) is 12.3 Å². The third-order valence-electron chi connectivity index (χ3n) is 2.94. The molecule has 2 rings (SSSR count). The van der Waals surface area contributed by atoms with E-state index in [0.29, 0.717) is 18.7 Å². The Morgan fingerprint density at radius 1 is 1.55 bits per heavy atom. The van der Waals surface area contributed by atoms with Crippen LogP contribution in [0.1, 0.15) is 18.9 Å². The Labute approximate surface area is 116 Å². The summed E-state index contributed by atoms with van der Waals surface area (Å²) >= 11 is 0. The van der Waals surface area contributed by atoms with Crippen LogP contribution >= 0.6 is 0 Å². The first-order valence-corrected chi connectivity index (χ1v) is 6.38. The molecule has 0 saturated carbocycles. The fourth-order valence-electron chi connectivity index (χ4n) is 1.96. The predicted molar refractivity (Wildman–Crippen MR) is 71.9 cm³/mol. The van der Waals surface area contributed by atoms with Crippen molar-refractivity contribution in [1.82, 2.24) is 5.32 Å². The Morgan fingerprint density at radius 3 is 2.90 bits per heavy atom. The summed E-state index contributed by atoms with van der Waals surface area (Å²) < 4.78 is 17.8. The van der Waals surface area contributed by atoms with Gasteiger partial charge in [0.2, 0.25) is 6.10 Å². The number of halogens is 1. The van der Waals surface area contributed by atoms with Crippen LogP contribution in [0.15, 0.2) is 29.4 Å². The van der Waals surface area contributed by atoms with Crippen LogP contribution in [0.2, 0.25) is 0 Å². The van der Waals surface area contributed by atoms with Gasteiger partial charge in [-0.15, -0.1) is 0 Å². The Bertz CT molecular complexity index is 502. The Kier molecular flexibility index (Phi) is 4.68. The maximum atomic E-state index is 12.8. The van der Waals surface area contributed by atoms with Gasteiger partial charge in [-0.1, -0.05) is 17.3 Å². The van der Waals surface area contributed by atoms with E-state index >= 15 is 0 Å². The van der Waals surface area contributed by atoms with Crippen molar-refractivity contribution in [3.8, 4) is 0 Å². The fourth-order valence-corrected chi connectivity index (χ4v) is 1.96. The van der Waals surface area contributed by atoms with Crippen LogP contribution in [-0.2, 0) is 14.4 Å². The highest BCUT2D eigenvalue weighted by Gasteiger charge is 2.29. The van der Waals surface area contributed by atoms with Gasteiger partial charge in [0.1, 0.15) is 5.82 Å². The minimum absolute atomic E-state index is 0.0917. The molecule has 1 amide bonds. The number of nitrogens with one attached hydrogen (secondary N) is 1. The molecule has 0 saturated heterocycles. The summed E-state index contributed by atoms with van der Waals surface area (Å²) in [6.07, 6.45) is -0.272. The number of hydrogen-bond acceptors (Lipinski definition) is 4. The van der Waals surface area contributed by atoms with Crippen LogP contribution in [0.5, 0.6) is 0 Å². The standard InChI is InChI=1S/C14H17FN2O3/c1-9(8-19-2)16-14(18)13-7-12(17-20-13)10-3-5-11(15)6-4-10/h3-6,9,13H,7-8H2,1-2H3,(H,16,18). The molecule has 0 spiro atoms. The third-order valence-corrected chi connectivity index (χ3v) is 2.94. The molecule has 1 heterocycles. The largest absolute Gasteiger partial charge is 0.383 e. The summed E-state index contributed by atoms with van der Waals surface area (Å²) in [6.45, 7) is 2.28. The number of amides is 1. The fraction of sp³-hybridized carbons (Fsp3) is 0.429. The summed E-state index contributed by atoms with van der Waals surface area (Å²) in [7, 11) is 1.57. The number of rotatable bonds is 5. The van der Waals surface area contributed by atoms with Crippen molar-refractivity contribution in [2.75, 3.05) is 13.7 Å². The van der Waals surface area contributed by atoms with E-state index in [9.17, 15) is 9.18 Å². The van der Waals surface area contributed by atoms with Gasteiger partial charge in [-0.05, 0) is 24.6 Å². The molecule has 5 nitrogen and oxygen atoms in total. The van der Waals surface area contributed by atoms with Crippen molar-refractivity contribution in [1.29, 1.82) is 0 Å². The summed E-state index contributed by atoms with van der Waals surface area (Å²) in [5, 5.41) is 6.68. The number of benzene rings is 1. The molecule has 0 fully saturated rings. The molecule has 0 aliphatic carbocycles. The van der Waals surface area contributed by atoms with Gasteiger partial charge in [0.25, 0.3) is 5.91 Å². The summed E-state index contributed by atoms with van der Waals surface area (Å²) in [4.78, 5) is 17.1. The van der Waals surface area contributed by atoms with Gasteiger partial charge >= 0.3 is 0 Å². The first-order chi connectivity index (χ1) is 9.60. The SMILES string of the molecule is COCC(C)NC(=O)C1CC(c2ccc(F)cc2)=NO1. The molecule has 0 aromatic heterocycles. The van der Waals surface area contributed by atoms with E-state index < -0.39 is 6.10 Å². The van der Waals surface area contributed by atoms with Crippen molar-refractivity contribution >= 4 is 11.6 Å². The van der Waals surface area contributed by atoms with E-state index in [2.05, 4.69) is 10.5 Å². The minimum atomic E-state index is -0.644. The van der Waals surface area contributed by atoms with Crippen molar-refractivity contribution in [2.45, 2.75) is 25.5 Å². The molecular formula is C14H17FN2O3. The molecule has 2 unspecified atom stereocenters. The lowest BCUT2D eigenvalue weighted by Gasteiger charge is -2.15. The lowest BCUT2D eigenvalue weighted by Crippen LogP contribution is -2.42. The van der Waals surface area contributed by atoms with Crippen molar-refractivity contribution in [2.24, 2.45) is 5.16 Å². The zero-order valence-corrected chi connectivity index (χ0v) is 11.4. The van der Waals surface area contributed by atoms with Gasteiger partial charge in [-0.2, -0.15) is 0 Å². The minimum Gasteiger partial charge on any atom is -0.383 e. The maximum Gasteiger partial charge on any atom is 0.264 e. The van der Waals surface area contributed by atoms with Crippen LogP contribution in [0.4, 0.5) is 4.39 Å². The molecule has 20 heavy (non-hydrogen) atoms. The van der Waals surface area contributed by atoms with Crippen LogP contribution in [0.25, 0.3) is 0 Å². The highest BCUT2D eigenvalue weighted by atomic mass is 19.1. The lowest BCUT2D eigenvalue weighted by molar-refractivity contribution is -0.132. The normalized spacial score (nSPS) is 19.1. The average Bonchev–Trinajstić information content (AvgIpc) is 2.89.